The van der Waals surface area contributed by atoms with Crippen molar-refractivity contribution in [2.75, 3.05) is 7.11 Å². The molecular weight excluding hydrogens is 267 g/mol. The third kappa shape index (κ3) is 3.36. The molecule has 0 aliphatic heterocycles. The maximum atomic E-state index is 12.8. The van der Waals surface area contributed by atoms with Gasteiger partial charge in [-0.2, -0.15) is 13.2 Å². The van der Waals surface area contributed by atoms with Crippen molar-refractivity contribution >= 4 is 5.91 Å². The number of methoxy groups -OCH3 is 1. The van der Waals surface area contributed by atoms with E-state index in [2.05, 4.69) is 4.74 Å². The van der Waals surface area contributed by atoms with E-state index in [-0.39, 0.29) is 5.75 Å². The average Bonchev–Trinajstić information content (AvgIpc) is 2.35. The summed E-state index contributed by atoms with van der Waals surface area (Å²) in [5.41, 5.74) is 2.87. The highest BCUT2D eigenvalue weighted by atomic mass is 19.4. The Morgan fingerprint density at radius 1 is 1.37 bits per heavy atom. The van der Waals surface area contributed by atoms with Gasteiger partial charge in [-0.3, -0.25) is 4.79 Å². The minimum Gasteiger partial charge on any atom is -0.497 e. The van der Waals surface area contributed by atoms with Crippen molar-refractivity contribution in [1.29, 1.82) is 0 Å². The highest BCUT2D eigenvalue weighted by Gasteiger charge is 2.37. The molecule has 0 aliphatic carbocycles. The SMILES string of the molecule is COc1ccc(C(O)C(O)C(N)=O)c(C(F)(F)F)c1. The molecule has 1 aromatic rings. The first-order chi connectivity index (χ1) is 8.68. The summed E-state index contributed by atoms with van der Waals surface area (Å²) >= 11 is 0. The maximum absolute atomic E-state index is 12.8. The van der Waals surface area contributed by atoms with Crippen LogP contribution >= 0.6 is 0 Å². The van der Waals surface area contributed by atoms with Crippen molar-refractivity contribution in [3.63, 3.8) is 0 Å². The molecule has 1 rings (SSSR count). The zero-order chi connectivity index (χ0) is 14.8. The van der Waals surface area contributed by atoms with Crippen molar-refractivity contribution in [3.05, 3.63) is 29.3 Å². The van der Waals surface area contributed by atoms with Gasteiger partial charge in [0, 0.05) is 0 Å². The van der Waals surface area contributed by atoms with E-state index in [4.69, 9.17) is 5.73 Å². The Balaban J connectivity index is 3.31. The van der Waals surface area contributed by atoms with Gasteiger partial charge in [0.05, 0.1) is 12.7 Å². The van der Waals surface area contributed by atoms with Crippen LogP contribution in [0.3, 0.4) is 0 Å². The van der Waals surface area contributed by atoms with Crippen LogP contribution in [0.1, 0.15) is 17.2 Å². The number of rotatable bonds is 4. The molecule has 1 amide bonds. The lowest BCUT2D eigenvalue weighted by molar-refractivity contribution is -0.142. The Hall–Kier alpha value is -1.80. The van der Waals surface area contributed by atoms with E-state index in [1.54, 1.807) is 0 Å². The molecule has 0 saturated carbocycles. The smallest absolute Gasteiger partial charge is 0.416 e. The van der Waals surface area contributed by atoms with Crippen LogP contribution in [0.15, 0.2) is 18.2 Å². The molecule has 19 heavy (non-hydrogen) atoms. The number of hydrogen-bond donors (Lipinski definition) is 3. The summed E-state index contributed by atoms with van der Waals surface area (Å²) in [6.45, 7) is 0. The summed E-state index contributed by atoms with van der Waals surface area (Å²) in [4.78, 5) is 10.7. The Morgan fingerprint density at radius 3 is 2.37 bits per heavy atom. The molecular formula is C11H12F3NO4. The maximum Gasteiger partial charge on any atom is 0.416 e. The van der Waals surface area contributed by atoms with Crippen molar-refractivity contribution in [2.45, 2.75) is 18.4 Å². The van der Waals surface area contributed by atoms with Crippen LogP contribution in [-0.2, 0) is 11.0 Å². The Kier molecular flexibility index (Phi) is 4.38. The summed E-state index contributed by atoms with van der Waals surface area (Å²) in [7, 11) is 1.18. The number of primary amides is 1. The van der Waals surface area contributed by atoms with Gasteiger partial charge < -0.3 is 20.7 Å². The molecule has 0 saturated heterocycles. The number of aliphatic hydroxyl groups excluding tert-OH is 2. The van der Waals surface area contributed by atoms with Crippen LogP contribution in [-0.4, -0.2) is 29.3 Å². The van der Waals surface area contributed by atoms with Gasteiger partial charge in [0.2, 0.25) is 5.91 Å². The predicted molar refractivity (Wildman–Crippen MR) is 58.2 cm³/mol. The number of ether oxygens (including phenoxy) is 1. The first-order valence-electron chi connectivity index (χ1n) is 5.09. The van der Waals surface area contributed by atoms with Gasteiger partial charge in [0.1, 0.15) is 11.9 Å². The topological polar surface area (TPSA) is 92.8 Å². The van der Waals surface area contributed by atoms with E-state index in [9.17, 15) is 28.2 Å². The van der Waals surface area contributed by atoms with Crippen molar-refractivity contribution in [1.82, 2.24) is 0 Å². The summed E-state index contributed by atoms with van der Waals surface area (Å²) in [5.74, 6) is -1.40. The highest BCUT2D eigenvalue weighted by molar-refractivity contribution is 5.79. The number of benzene rings is 1. The quantitative estimate of drug-likeness (QED) is 0.752. The molecule has 0 aromatic heterocycles. The fourth-order valence-corrected chi connectivity index (χ4v) is 1.49. The van der Waals surface area contributed by atoms with E-state index >= 15 is 0 Å². The highest BCUT2D eigenvalue weighted by Crippen LogP contribution is 2.37. The Morgan fingerprint density at radius 2 is 1.95 bits per heavy atom. The second kappa shape index (κ2) is 5.45. The molecule has 0 aliphatic rings. The largest absolute Gasteiger partial charge is 0.497 e. The molecule has 1 aromatic carbocycles. The van der Waals surface area contributed by atoms with Gasteiger partial charge in [0.25, 0.3) is 0 Å². The zero-order valence-electron chi connectivity index (χ0n) is 9.81. The number of amides is 1. The minimum atomic E-state index is -4.78. The van der Waals surface area contributed by atoms with Crippen molar-refractivity contribution in [3.8, 4) is 5.75 Å². The standard InChI is InChI=1S/C11H12F3NO4/c1-19-5-2-3-6(7(4-5)11(12,13)14)8(16)9(17)10(15)18/h2-4,8-9,16-17H,1H3,(H2,15,18). The number of alkyl halides is 3. The molecule has 0 fully saturated rings. The van der Waals surface area contributed by atoms with E-state index in [1.807, 2.05) is 0 Å². The van der Waals surface area contributed by atoms with Crippen molar-refractivity contribution < 1.29 is 32.9 Å². The molecule has 5 nitrogen and oxygen atoms in total. The summed E-state index contributed by atoms with van der Waals surface area (Å²) < 4.78 is 43.1. The van der Waals surface area contributed by atoms with E-state index in [0.29, 0.717) is 6.07 Å². The average molecular weight is 279 g/mol. The number of hydrogen-bond acceptors (Lipinski definition) is 4. The lowest BCUT2D eigenvalue weighted by Crippen LogP contribution is -2.34. The van der Waals surface area contributed by atoms with Crippen LogP contribution in [0.2, 0.25) is 0 Å². The fraction of sp³-hybridized carbons (Fsp3) is 0.364. The van der Waals surface area contributed by atoms with E-state index in [1.165, 1.54) is 13.2 Å². The second-order valence-electron chi connectivity index (χ2n) is 3.74. The van der Waals surface area contributed by atoms with E-state index < -0.39 is 35.4 Å². The van der Waals surface area contributed by atoms with Gasteiger partial charge in [-0.05, 0) is 17.7 Å². The molecule has 8 heteroatoms. The molecule has 2 unspecified atom stereocenters. The third-order valence-corrected chi connectivity index (χ3v) is 2.48. The lowest BCUT2D eigenvalue weighted by atomic mass is 9.97. The number of halogens is 3. The Bertz CT molecular complexity index is 475. The first kappa shape index (κ1) is 15.3. The Labute approximate surface area is 106 Å². The van der Waals surface area contributed by atoms with Crippen LogP contribution < -0.4 is 10.5 Å². The lowest BCUT2D eigenvalue weighted by Gasteiger charge is -2.20. The molecule has 0 radical (unpaired) electrons. The number of carbonyl (C=O) groups is 1. The van der Waals surface area contributed by atoms with Gasteiger partial charge in [-0.15, -0.1) is 0 Å². The van der Waals surface area contributed by atoms with E-state index in [0.717, 1.165) is 6.07 Å². The summed E-state index contributed by atoms with van der Waals surface area (Å²) in [5, 5.41) is 18.8. The van der Waals surface area contributed by atoms with Gasteiger partial charge in [-0.1, -0.05) is 6.07 Å². The fourth-order valence-electron chi connectivity index (χ4n) is 1.49. The second-order valence-corrected chi connectivity index (χ2v) is 3.74. The molecule has 0 bridgehead atoms. The van der Waals surface area contributed by atoms with Gasteiger partial charge >= 0.3 is 6.18 Å². The molecule has 2 atom stereocenters. The molecule has 0 heterocycles. The van der Waals surface area contributed by atoms with Crippen molar-refractivity contribution in [2.24, 2.45) is 5.73 Å². The predicted octanol–water partition coefficient (Wildman–Crippen LogP) is 0.594. The first-order valence-corrected chi connectivity index (χ1v) is 5.09. The molecule has 106 valence electrons. The van der Waals surface area contributed by atoms with Gasteiger partial charge in [-0.25, -0.2) is 0 Å². The molecule has 0 spiro atoms. The van der Waals surface area contributed by atoms with Crippen LogP contribution in [0, 0.1) is 0 Å². The van der Waals surface area contributed by atoms with Gasteiger partial charge in [0.15, 0.2) is 6.10 Å². The van der Waals surface area contributed by atoms with Crippen LogP contribution in [0.5, 0.6) is 5.75 Å². The normalized spacial score (nSPS) is 14.8. The van der Waals surface area contributed by atoms with Crippen LogP contribution in [0.4, 0.5) is 13.2 Å². The monoisotopic (exact) mass is 279 g/mol. The summed E-state index contributed by atoms with van der Waals surface area (Å²) in [6, 6.07) is 2.74. The summed E-state index contributed by atoms with van der Waals surface area (Å²) in [6.07, 6.45) is -8.98. The number of aliphatic hydroxyl groups is 2. The third-order valence-electron chi connectivity index (χ3n) is 2.48. The number of carbonyl (C=O) groups excluding carboxylic acids is 1. The molecule has 4 N–H and O–H groups in total. The zero-order valence-corrected chi connectivity index (χ0v) is 9.81. The number of nitrogens with two attached hydrogens (primary N) is 1. The minimum absolute atomic E-state index is 0.0724. The van der Waals surface area contributed by atoms with Crippen LogP contribution in [0.25, 0.3) is 0 Å².